The van der Waals surface area contributed by atoms with Crippen molar-refractivity contribution >= 4 is 23.5 Å². The average Bonchev–Trinajstić information content (AvgIpc) is 2.54. The maximum absolute atomic E-state index is 11.8. The molecule has 0 saturated heterocycles. The van der Waals surface area contributed by atoms with Crippen LogP contribution in [0.2, 0.25) is 0 Å². The lowest BCUT2D eigenvalue weighted by Gasteiger charge is -2.06. The third-order valence-corrected chi connectivity index (χ3v) is 2.76. The Morgan fingerprint density at radius 2 is 2.05 bits per heavy atom. The van der Waals surface area contributed by atoms with Gasteiger partial charge in [-0.1, -0.05) is 0 Å². The van der Waals surface area contributed by atoms with Crippen molar-refractivity contribution in [2.75, 3.05) is 12.4 Å². The molecule has 0 atom stereocenters. The second-order valence-corrected chi connectivity index (χ2v) is 4.23. The molecule has 1 N–H and O–H groups in total. The van der Waals surface area contributed by atoms with E-state index in [0.717, 1.165) is 0 Å². The van der Waals surface area contributed by atoms with Crippen molar-refractivity contribution in [1.82, 2.24) is 4.98 Å². The van der Waals surface area contributed by atoms with Gasteiger partial charge in [-0.3, -0.25) is 14.9 Å². The highest BCUT2D eigenvalue weighted by Crippen LogP contribution is 2.20. The predicted molar refractivity (Wildman–Crippen MR) is 81.5 cm³/mol. The second-order valence-electron chi connectivity index (χ2n) is 4.23. The number of nitrogens with one attached hydrogen (secondary N) is 1. The Bertz CT molecular complexity index is 711. The number of benzene rings is 1. The Hall–Kier alpha value is -3.22. The minimum absolute atomic E-state index is 0.000163. The number of hydrogen-bond acceptors (Lipinski definition) is 5. The molecule has 7 heteroatoms. The number of amides is 1. The van der Waals surface area contributed by atoms with Gasteiger partial charge in [-0.05, 0) is 35.9 Å². The number of hydrogen-bond donors (Lipinski definition) is 1. The molecule has 1 amide bonds. The fraction of sp³-hybridized carbons (Fsp3) is 0.0667. The van der Waals surface area contributed by atoms with Crippen LogP contribution in [0.25, 0.3) is 6.08 Å². The molecule has 2 rings (SSSR count). The van der Waals surface area contributed by atoms with Crippen molar-refractivity contribution in [3.8, 4) is 5.75 Å². The molecule has 7 nitrogen and oxygen atoms in total. The van der Waals surface area contributed by atoms with Crippen LogP contribution in [-0.4, -0.2) is 22.9 Å². The maximum atomic E-state index is 11.8. The van der Waals surface area contributed by atoms with Crippen molar-refractivity contribution in [2.24, 2.45) is 0 Å². The number of pyridine rings is 1. The van der Waals surface area contributed by atoms with Gasteiger partial charge in [0, 0.05) is 24.4 Å². The highest BCUT2D eigenvalue weighted by Gasteiger charge is 2.06. The molecule has 0 radical (unpaired) electrons. The first kappa shape index (κ1) is 15.2. The Labute approximate surface area is 126 Å². The lowest BCUT2D eigenvalue weighted by atomic mass is 10.2. The molecule has 1 aromatic carbocycles. The van der Waals surface area contributed by atoms with E-state index in [-0.39, 0.29) is 11.6 Å². The fourth-order valence-corrected chi connectivity index (χ4v) is 1.69. The van der Waals surface area contributed by atoms with Gasteiger partial charge in [-0.2, -0.15) is 0 Å². The Morgan fingerprint density at radius 3 is 2.68 bits per heavy atom. The summed E-state index contributed by atoms with van der Waals surface area (Å²) >= 11 is 0. The van der Waals surface area contributed by atoms with E-state index in [1.54, 1.807) is 30.3 Å². The minimum atomic E-state index is -0.479. The normalized spacial score (nSPS) is 10.4. The zero-order chi connectivity index (χ0) is 15.9. The van der Waals surface area contributed by atoms with E-state index in [1.165, 1.54) is 31.5 Å². The summed E-state index contributed by atoms with van der Waals surface area (Å²) < 4.78 is 5.08. The van der Waals surface area contributed by atoms with Gasteiger partial charge in [0.25, 0.3) is 5.69 Å². The molecule has 0 unspecified atom stereocenters. The summed E-state index contributed by atoms with van der Waals surface area (Å²) in [6, 6.07) is 9.25. The lowest BCUT2D eigenvalue weighted by Crippen LogP contribution is -2.10. The number of rotatable bonds is 5. The minimum Gasteiger partial charge on any atom is -0.493 e. The summed E-state index contributed by atoms with van der Waals surface area (Å²) in [6.45, 7) is 0. The van der Waals surface area contributed by atoms with Gasteiger partial charge >= 0.3 is 0 Å². The number of carbonyl (C=O) groups is 1. The number of methoxy groups -OCH3 is 1. The van der Waals surface area contributed by atoms with Gasteiger partial charge in [0.2, 0.25) is 5.91 Å². The van der Waals surface area contributed by atoms with Gasteiger partial charge < -0.3 is 10.1 Å². The molecule has 112 valence electrons. The number of nitro benzene ring substituents is 1. The molecule has 1 heterocycles. The molecule has 1 aromatic heterocycles. The first-order chi connectivity index (χ1) is 10.6. The first-order valence-electron chi connectivity index (χ1n) is 6.32. The highest BCUT2D eigenvalue weighted by atomic mass is 16.6. The van der Waals surface area contributed by atoms with E-state index < -0.39 is 4.92 Å². The van der Waals surface area contributed by atoms with Gasteiger partial charge in [-0.25, -0.2) is 4.98 Å². The molecule has 0 bridgehead atoms. The average molecular weight is 299 g/mol. The summed E-state index contributed by atoms with van der Waals surface area (Å²) in [4.78, 5) is 25.9. The van der Waals surface area contributed by atoms with Gasteiger partial charge in [-0.15, -0.1) is 0 Å². The van der Waals surface area contributed by atoms with Gasteiger partial charge in [0.15, 0.2) is 11.6 Å². The number of aromatic nitrogens is 1. The van der Waals surface area contributed by atoms with Crippen molar-refractivity contribution < 1.29 is 14.5 Å². The van der Waals surface area contributed by atoms with Gasteiger partial charge in [0.05, 0.1) is 12.0 Å². The van der Waals surface area contributed by atoms with E-state index >= 15 is 0 Å². The smallest absolute Gasteiger partial charge is 0.269 e. The molecule has 0 aliphatic rings. The number of anilines is 1. The molecule has 0 fully saturated rings. The quantitative estimate of drug-likeness (QED) is 0.520. The van der Waals surface area contributed by atoms with Crippen LogP contribution in [-0.2, 0) is 4.79 Å². The van der Waals surface area contributed by atoms with E-state index in [1.807, 2.05) is 0 Å². The summed E-state index contributed by atoms with van der Waals surface area (Å²) in [6.07, 6.45) is 4.40. The van der Waals surface area contributed by atoms with Crippen molar-refractivity contribution in [3.05, 3.63) is 64.3 Å². The summed E-state index contributed by atoms with van der Waals surface area (Å²) in [5.74, 6) is 0.401. The summed E-state index contributed by atoms with van der Waals surface area (Å²) in [7, 11) is 1.49. The Balaban J connectivity index is 2.03. The molecule has 0 saturated carbocycles. The number of ether oxygens (including phenoxy) is 1. The van der Waals surface area contributed by atoms with Crippen LogP contribution in [0.4, 0.5) is 11.5 Å². The molecular formula is C15H13N3O4. The maximum Gasteiger partial charge on any atom is 0.269 e. The van der Waals surface area contributed by atoms with Crippen LogP contribution in [0, 0.1) is 10.1 Å². The van der Waals surface area contributed by atoms with E-state index in [2.05, 4.69) is 10.3 Å². The molecule has 0 spiro atoms. The Kier molecular flexibility index (Phi) is 4.81. The monoisotopic (exact) mass is 299 g/mol. The molecule has 0 aliphatic heterocycles. The van der Waals surface area contributed by atoms with Crippen LogP contribution < -0.4 is 10.1 Å². The standard InChI is InChI=1S/C15H13N3O4/c1-22-13-3-2-10-16-15(13)17-14(19)9-6-11-4-7-12(8-5-11)18(20)21/h2-10H,1H3,(H,16,17,19)/b9-6+. The third kappa shape index (κ3) is 3.89. The van der Waals surface area contributed by atoms with Crippen molar-refractivity contribution in [1.29, 1.82) is 0 Å². The summed E-state index contributed by atoms with van der Waals surface area (Å²) in [5.41, 5.74) is 0.675. The summed E-state index contributed by atoms with van der Waals surface area (Å²) in [5, 5.41) is 13.1. The largest absolute Gasteiger partial charge is 0.493 e. The first-order valence-corrected chi connectivity index (χ1v) is 6.32. The van der Waals surface area contributed by atoms with Crippen LogP contribution >= 0.6 is 0 Å². The molecule has 2 aromatic rings. The Morgan fingerprint density at radius 1 is 1.32 bits per heavy atom. The molecule has 0 aliphatic carbocycles. The highest BCUT2D eigenvalue weighted by molar-refractivity contribution is 6.02. The zero-order valence-electron chi connectivity index (χ0n) is 11.7. The van der Waals surface area contributed by atoms with Crippen LogP contribution in [0.1, 0.15) is 5.56 Å². The van der Waals surface area contributed by atoms with Gasteiger partial charge in [0.1, 0.15) is 0 Å². The molecular weight excluding hydrogens is 286 g/mol. The van der Waals surface area contributed by atoms with Crippen LogP contribution in [0.5, 0.6) is 5.75 Å². The van der Waals surface area contributed by atoms with E-state index in [9.17, 15) is 14.9 Å². The topological polar surface area (TPSA) is 94.4 Å². The lowest BCUT2D eigenvalue weighted by molar-refractivity contribution is -0.384. The van der Waals surface area contributed by atoms with E-state index in [0.29, 0.717) is 17.1 Å². The molecule has 22 heavy (non-hydrogen) atoms. The zero-order valence-corrected chi connectivity index (χ0v) is 11.7. The number of carbonyl (C=O) groups excluding carboxylic acids is 1. The SMILES string of the molecule is COc1cccnc1NC(=O)/C=C/c1ccc([N+](=O)[O-])cc1. The van der Waals surface area contributed by atoms with Crippen LogP contribution in [0.3, 0.4) is 0 Å². The number of non-ortho nitro benzene ring substituents is 1. The van der Waals surface area contributed by atoms with Crippen molar-refractivity contribution in [2.45, 2.75) is 0 Å². The number of nitro groups is 1. The second kappa shape index (κ2) is 6.98. The fourth-order valence-electron chi connectivity index (χ4n) is 1.69. The third-order valence-electron chi connectivity index (χ3n) is 2.76. The van der Waals surface area contributed by atoms with E-state index in [4.69, 9.17) is 4.74 Å². The number of nitrogens with zero attached hydrogens (tertiary/aromatic N) is 2. The van der Waals surface area contributed by atoms with Crippen molar-refractivity contribution in [3.63, 3.8) is 0 Å². The van der Waals surface area contributed by atoms with Crippen LogP contribution in [0.15, 0.2) is 48.7 Å². The predicted octanol–water partition coefficient (Wildman–Crippen LogP) is 2.65.